The fourth-order valence-corrected chi connectivity index (χ4v) is 2.36. The van der Waals surface area contributed by atoms with Gasteiger partial charge in [0.15, 0.2) is 0 Å². The molecule has 1 rings (SSSR count). The van der Waals surface area contributed by atoms with E-state index >= 15 is 0 Å². The number of rotatable bonds is 7. The molecule has 0 amide bonds. The average molecular weight is 342 g/mol. The Labute approximate surface area is 127 Å². The summed E-state index contributed by atoms with van der Waals surface area (Å²) >= 11 is 3.30. The molecule has 0 spiro atoms. The number of benzene rings is 1. The molecular weight excluding hydrogens is 324 g/mol. The molecule has 0 unspecified atom stereocenters. The van der Waals surface area contributed by atoms with Crippen LogP contribution in [0.25, 0.3) is 0 Å². The van der Waals surface area contributed by atoms with E-state index in [2.05, 4.69) is 15.9 Å². The van der Waals surface area contributed by atoms with Crippen LogP contribution in [0.2, 0.25) is 0 Å². The number of carbonyl (C=O) groups is 2. The summed E-state index contributed by atoms with van der Waals surface area (Å²) in [5.74, 6) is -1.10. The summed E-state index contributed by atoms with van der Waals surface area (Å²) in [6.07, 6.45) is 1.12. The zero-order valence-electron chi connectivity index (χ0n) is 11.6. The summed E-state index contributed by atoms with van der Waals surface area (Å²) in [7, 11) is 0. The van der Waals surface area contributed by atoms with Crippen LogP contribution in [-0.4, -0.2) is 11.9 Å². The molecular formula is C15H18BrO4-. The van der Waals surface area contributed by atoms with Crippen molar-refractivity contribution in [2.24, 2.45) is 5.41 Å². The van der Waals surface area contributed by atoms with Crippen LogP contribution < -0.4 is 9.84 Å². The number of halogens is 1. The maximum atomic E-state index is 12.0. The molecule has 0 radical (unpaired) electrons. The van der Waals surface area contributed by atoms with Gasteiger partial charge in [0.05, 0.1) is 6.42 Å². The van der Waals surface area contributed by atoms with Crippen LogP contribution in [0, 0.1) is 5.41 Å². The van der Waals surface area contributed by atoms with Gasteiger partial charge >= 0.3 is 5.97 Å². The molecule has 0 aliphatic rings. The Hall–Kier alpha value is -1.36. The average Bonchev–Trinajstić information content (AvgIpc) is 2.40. The van der Waals surface area contributed by atoms with Gasteiger partial charge < -0.3 is 14.6 Å². The van der Waals surface area contributed by atoms with E-state index in [1.165, 1.54) is 0 Å². The van der Waals surface area contributed by atoms with E-state index in [-0.39, 0.29) is 12.8 Å². The van der Waals surface area contributed by atoms with Crippen molar-refractivity contribution in [1.29, 1.82) is 0 Å². The number of esters is 1. The number of aliphatic carboxylic acids is 1. The van der Waals surface area contributed by atoms with Gasteiger partial charge in [-0.05, 0) is 48.9 Å². The second-order valence-electron chi connectivity index (χ2n) is 4.86. The smallest absolute Gasteiger partial charge is 0.311 e. The fourth-order valence-electron chi connectivity index (χ4n) is 2.10. The zero-order valence-corrected chi connectivity index (χ0v) is 13.2. The van der Waals surface area contributed by atoms with E-state index in [1.807, 2.05) is 13.8 Å². The third kappa shape index (κ3) is 4.96. The summed E-state index contributed by atoms with van der Waals surface area (Å²) in [4.78, 5) is 22.8. The quantitative estimate of drug-likeness (QED) is 0.564. The Morgan fingerprint density at radius 1 is 1.15 bits per heavy atom. The molecule has 20 heavy (non-hydrogen) atoms. The normalized spacial score (nSPS) is 11.2. The molecule has 4 nitrogen and oxygen atoms in total. The summed E-state index contributed by atoms with van der Waals surface area (Å²) in [5.41, 5.74) is -0.592. The molecule has 1 aromatic carbocycles. The Morgan fingerprint density at radius 3 is 2.15 bits per heavy atom. The minimum Gasteiger partial charge on any atom is -0.550 e. The molecule has 110 valence electrons. The molecule has 0 fully saturated rings. The predicted molar refractivity (Wildman–Crippen MR) is 77.0 cm³/mol. The van der Waals surface area contributed by atoms with Gasteiger partial charge in [0.2, 0.25) is 0 Å². The maximum Gasteiger partial charge on any atom is 0.311 e. The van der Waals surface area contributed by atoms with Crippen LogP contribution in [0.5, 0.6) is 5.75 Å². The van der Waals surface area contributed by atoms with Crippen molar-refractivity contribution in [3.63, 3.8) is 0 Å². The van der Waals surface area contributed by atoms with Gasteiger partial charge in [0.25, 0.3) is 0 Å². The van der Waals surface area contributed by atoms with Gasteiger partial charge in [-0.25, -0.2) is 0 Å². The standard InChI is InChI=1S/C15H19BrO4/c1-3-15(4-2,9-13(17)18)10-14(19)20-12-7-5-11(16)6-8-12/h5-8H,3-4,9-10H2,1-2H3,(H,17,18)/p-1. The van der Waals surface area contributed by atoms with E-state index in [1.54, 1.807) is 24.3 Å². The lowest BCUT2D eigenvalue weighted by Gasteiger charge is -2.31. The Bertz CT molecular complexity index is 463. The molecule has 0 N–H and O–H groups in total. The highest BCUT2D eigenvalue weighted by Gasteiger charge is 2.30. The van der Waals surface area contributed by atoms with Crippen molar-refractivity contribution >= 4 is 27.9 Å². The minimum atomic E-state index is -1.13. The summed E-state index contributed by atoms with van der Waals surface area (Å²) in [6.45, 7) is 3.75. The van der Waals surface area contributed by atoms with E-state index < -0.39 is 17.4 Å². The Balaban J connectivity index is 2.71. The molecule has 0 heterocycles. The van der Waals surface area contributed by atoms with Crippen LogP contribution in [0.15, 0.2) is 28.7 Å². The van der Waals surface area contributed by atoms with Crippen LogP contribution in [0.1, 0.15) is 39.5 Å². The molecule has 0 aliphatic heterocycles. The van der Waals surface area contributed by atoms with Crippen LogP contribution in [0.3, 0.4) is 0 Å². The minimum absolute atomic E-state index is 0.0735. The van der Waals surface area contributed by atoms with E-state index in [0.717, 1.165) is 4.47 Å². The largest absolute Gasteiger partial charge is 0.550 e. The molecule has 0 aromatic heterocycles. The molecule has 0 bridgehead atoms. The highest BCUT2D eigenvalue weighted by atomic mass is 79.9. The SMILES string of the molecule is CCC(CC)(CC(=O)[O-])CC(=O)Oc1ccc(Br)cc1. The van der Waals surface area contributed by atoms with Crippen molar-refractivity contribution in [2.45, 2.75) is 39.5 Å². The number of hydrogen-bond donors (Lipinski definition) is 0. The lowest BCUT2D eigenvalue weighted by Crippen LogP contribution is -2.34. The fraction of sp³-hybridized carbons (Fsp3) is 0.467. The van der Waals surface area contributed by atoms with Crippen LogP contribution in [0.4, 0.5) is 0 Å². The van der Waals surface area contributed by atoms with Crippen molar-refractivity contribution < 1.29 is 19.4 Å². The third-order valence-electron chi connectivity index (χ3n) is 3.58. The molecule has 1 aromatic rings. The van der Waals surface area contributed by atoms with Gasteiger partial charge in [-0.2, -0.15) is 0 Å². The molecule has 0 saturated heterocycles. The van der Waals surface area contributed by atoms with Crippen molar-refractivity contribution in [3.05, 3.63) is 28.7 Å². The molecule has 0 atom stereocenters. The molecule has 0 aliphatic carbocycles. The number of carboxylic acids is 1. The first-order valence-electron chi connectivity index (χ1n) is 6.57. The topological polar surface area (TPSA) is 66.4 Å². The summed E-state index contributed by atoms with van der Waals surface area (Å²) in [6, 6.07) is 6.91. The van der Waals surface area contributed by atoms with E-state index in [4.69, 9.17) is 4.74 Å². The van der Waals surface area contributed by atoms with Gasteiger partial charge in [-0.1, -0.05) is 29.8 Å². The van der Waals surface area contributed by atoms with Gasteiger partial charge in [-0.15, -0.1) is 0 Å². The number of ether oxygens (including phenoxy) is 1. The van der Waals surface area contributed by atoms with Crippen molar-refractivity contribution in [3.8, 4) is 5.75 Å². The van der Waals surface area contributed by atoms with Gasteiger partial charge in [0, 0.05) is 10.4 Å². The number of carbonyl (C=O) groups excluding carboxylic acids is 2. The summed E-state index contributed by atoms with van der Waals surface area (Å²) in [5, 5.41) is 10.8. The highest BCUT2D eigenvalue weighted by molar-refractivity contribution is 9.10. The Kier molecular flexibility index (Phi) is 6.20. The van der Waals surface area contributed by atoms with Crippen LogP contribution >= 0.6 is 15.9 Å². The monoisotopic (exact) mass is 341 g/mol. The van der Waals surface area contributed by atoms with Gasteiger partial charge in [-0.3, -0.25) is 4.79 Å². The first kappa shape index (κ1) is 16.7. The second kappa shape index (κ2) is 7.43. The first-order valence-corrected chi connectivity index (χ1v) is 7.36. The van der Waals surface area contributed by atoms with E-state index in [0.29, 0.717) is 18.6 Å². The van der Waals surface area contributed by atoms with Gasteiger partial charge in [0.1, 0.15) is 5.75 Å². The molecule has 5 heteroatoms. The maximum absolute atomic E-state index is 12.0. The molecule has 0 saturated carbocycles. The lowest BCUT2D eigenvalue weighted by molar-refractivity contribution is -0.308. The zero-order chi connectivity index (χ0) is 15.2. The third-order valence-corrected chi connectivity index (χ3v) is 4.11. The second-order valence-corrected chi connectivity index (χ2v) is 5.78. The number of hydrogen-bond acceptors (Lipinski definition) is 4. The van der Waals surface area contributed by atoms with Crippen molar-refractivity contribution in [1.82, 2.24) is 0 Å². The number of carboxylic acid groups (broad SMARTS) is 1. The van der Waals surface area contributed by atoms with E-state index in [9.17, 15) is 14.7 Å². The lowest BCUT2D eigenvalue weighted by atomic mass is 9.76. The van der Waals surface area contributed by atoms with Crippen LogP contribution in [-0.2, 0) is 9.59 Å². The predicted octanol–water partition coefficient (Wildman–Crippen LogP) is 2.69. The first-order chi connectivity index (χ1) is 9.40. The van der Waals surface area contributed by atoms with Crippen molar-refractivity contribution in [2.75, 3.05) is 0 Å². The summed E-state index contributed by atoms with van der Waals surface area (Å²) < 4.78 is 6.13. The Morgan fingerprint density at radius 2 is 1.70 bits per heavy atom. The highest BCUT2D eigenvalue weighted by Crippen LogP contribution is 2.34.